The van der Waals surface area contributed by atoms with Crippen molar-refractivity contribution in [2.45, 2.75) is 26.0 Å². The van der Waals surface area contributed by atoms with Crippen molar-refractivity contribution in [1.82, 2.24) is 14.8 Å². The molecule has 9 nitrogen and oxygen atoms in total. The van der Waals surface area contributed by atoms with E-state index < -0.39 is 12.1 Å². The lowest BCUT2D eigenvalue weighted by Crippen LogP contribution is -2.50. The fourth-order valence-electron chi connectivity index (χ4n) is 3.89. The van der Waals surface area contributed by atoms with E-state index in [0.29, 0.717) is 24.4 Å². The number of aliphatic hydroxyl groups is 1. The van der Waals surface area contributed by atoms with Gasteiger partial charge in [0.25, 0.3) is 5.91 Å². The number of nitrogens with zero attached hydrogens (tertiary/aromatic N) is 3. The second-order valence-electron chi connectivity index (χ2n) is 8.64. The molecule has 184 valence electrons. The van der Waals surface area contributed by atoms with Gasteiger partial charge in [0.15, 0.2) is 0 Å². The number of rotatable bonds is 8. The van der Waals surface area contributed by atoms with Crippen LogP contribution in [0.25, 0.3) is 11.1 Å². The second-order valence-corrected chi connectivity index (χ2v) is 8.64. The Hall–Kier alpha value is -3.17. The summed E-state index contributed by atoms with van der Waals surface area (Å²) in [5, 5.41) is 9.81. The first-order chi connectivity index (χ1) is 16.3. The first-order valence-corrected chi connectivity index (χ1v) is 11.2. The second kappa shape index (κ2) is 11.3. The van der Waals surface area contributed by atoms with Crippen molar-refractivity contribution in [3.8, 4) is 22.8 Å². The lowest BCUT2D eigenvalue weighted by Gasteiger charge is -2.37. The van der Waals surface area contributed by atoms with Gasteiger partial charge in [-0.3, -0.25) is 9.59 Å². The highest BCUT2D eigenvalue weighted by Crippen LogP contribution is 2.31. The van der Waals surface area contributed by atoms with Gasteiger partial charge in [0.05, 0.1) is 26.3 Å². The molecule has 0 fully saturated rings. The van der Waals surface area contributed by atoms with Gasteiger partial charge in [-0.2, -0.15) is 0 Å². The molecule has 0 aliphatic carbocycles. The highest BCUT2D eigenvalue weighted by atomic mass is 16.5. The topological polar surface area (TPSA) is 101 Å². The molecule has 2 aromatic rings. The minimum Gasteiger partial charge on any atom is -0.497 e. The molecule has 2 heterocycles. The molecule has 34 heavy (non-hydrogen) atoms. The van der Waals surface area contributed by atoms with Crippen LogP contribution in [0.1, 0.15) is 24.2 Å². The first kappa shape index (κ1) is 25.5. The highest BCUT2D eigenvalue weighted by Gasteiger charge is 2.34. The van der Waals surface area contributed by atoms with Gasteiger partial charge in [-0.05, 0) is 30.7 Å². The number of benzene rings is 1. The Bertz CT molecular complexity index is 1010. The minimum atomic E-state index is -0.416. The number of methoxy groups -OCH3 is 2. The largest absolute Gasteiger partial charge is 0.497 e. The van der Waals surface area contributed by atoms with Gasteiger partial charge in [0, 0.05) is 38.4 Å². The van der Waals surface area contributed by atoms with E-state index in [4.69, 9.17) is 14.2 Å². The number of likely N-dealkylation sites (N-methyl/N-ethyl adjacent to an activating group) is 1. The van der Waals surface area contributed by atoms with Gasteiger partial charge < -0.3 is 29.1 Å². The number of amides is 2. The summed E-state index contributed by atoms with van der Waals surface area (Å²) in [7, 11) is 4.76. The molecular weight excluding hydrogens is 438 g/mol. The van der Waals surface area contributed by atoms with E-state index in [9.17, 15) is 14.7 Å². The first-order valence-electron chi connectivity index (χ1n) is 11.2. The van der Waals surface area contributed by atoms with Gasteiger partial charge in [0.1, 0.15) is 24.0 Å². The van der Waals surface area contributed by atoms with Crippen molar-refractivity contribution < 1.29 is 28.9 Å². The summed E-state index contributed by atoms with van der Waals surface area (Å²) in [6, 6.07) is 8.85. The van der Waals surface area contributed by atoms with Crippen LogP contribution < -0.4 is 9.47 Å². The number of hydrogen-bond acceptors (Lipinski definition) is 7. The standard InChI is InChI=1S/C25H33N3O6/c1-16-12-28(17(2)14-29)25(31)21-10-19(18-7-6-8-20(9-18)33-5)11-26-24(21)34-22(16)13-27(3)23(30)15-32-4/h6-11,16-17,22,29H,12-15H2,1-5H3/t16-,17+,22-/m0/s1. The van der Waals surface area contributed by atoms with Crippen LogP contribution in [-0.2, 0) is 9.53 Å². The van der Waals surface area contributed by atoms with Crippen molar-refractivity contribution in [3.05, 3.63) is 42.1 Å². The monoisotopic (exact) mass is 471 g/mol. The number of pyridine rings is 1. The van der Waals surface area contributed by atoms with Crippen LogP contribution in [-0.4, -0.2) is 91.4 Å². The van der Waals surface area contributed by atoms with Gasteiger partial charge >= 0.3 is 0 Å². The molecule has 3 atom stereocenters. The van der Waals surface area contributed by atoms with Gasteiger partial charge in [-0.15, -0.1) is 0 Å². The summed E-state index contributed by atoms with van der Waals surface area (Å²) >= 11 is 0. The zero-order valence-corrected chi connectivity index (χ0v) is 20.4. The molecule has 0 spiro atoms. The predicted octanol–water partition coefficient (Wildman–Crippen LogP) is 2.08. The van der Waals surface area contributed by atoms with E-state index in [1.165, 1.54) is 7.11 Å². The predicted molar refractivity (Wildman–Crippen MR) is 127 cm³/mol. The van der Waals surface area contributed by atoms with Gasteiger partial charge in [0.2, 0.25) is 11.8 Å². The molecule has 3 rings (SSSR count). The Morgan fingerprint density at radius 3 is 2.76 bits per heavy atom. The molecule has 0 saturated heterocycles. The summed E-state index contributed by atoms with van der Waals surface area (Å²) in [6.07, 6.45) is 1.24. The number of carbonyl (C=O) groups excluding carboxylic acids is 2. The number of ether oxygens (including phenoxy) is 3. The lowest BCUT2D eigenvalue weighted by molar-refractivity contribution is -0.135. The maximum absolute atomic E-state index is 13.6. The van der Waals surface area contributed by atoms with Gasteiger partial charge in [-0.1, -0.05) is 19.1 Å². The smallest absolute Gasteiger partial charge is 0.259 e. The van der Waals surface area contributed by atoms with E-state index in [2.05, 4.69) is 4.98 Å². The number of aliphatic hydroxyl groups excluding tert-OH is 1. The third-order valence-corrected chi connectivity index (χ3v) is 6.07. The van der Waals surface area contributed by atoms with Crippen LogP contribution >= 0.6 is 0 Å². The zero-order chi connectivity index (χ0) is 24.8. The molecule has 0 saturated carbocycles. The minimum absolute atomic E-state index is 0.0253. The molecule has 0 unspecified atom stereocenters. The zero-order valence-electron chi connectivity index (χ0n) is 20.4. The third kappa shape index (κ3) is 5.66. The highest BCUT2D eigenvalue weighted by molar-refractivity contribution is 5.98. The van der Waals surface area contributed by atoms with Crippen molar-refractivity contribution in [2.75, 3.05) is 47.6 Å². The normalized spacial score (nSPS) is 18.9. The Morgan fingerprint density at radius 1 is 1.32 bits per heavy atom. The van der Waals surface area contributed by atoms with Crippen LogP contribution in [0.4, 0.5) is 0 Å². The van der Waals surface area contributed by atoms with E-state index >= 15 is 0 Å². The Morgan fingerprint density at radius 2 is 2.09 bits per heavy atom. The molecule has 1 N–H and O–H groups in total. The summed E-state index contributed by atoms with van der Waals surface area (Å²) in [5.41, 5.74) is 1.90. The van der Waals surface area contributed by atoms with Crippen LogP contribution in [0.5, 0.6) is 11.6 Å². The van der Waals surface area contributed by atoms with Crippen LogP contribution in [0, 0.1) is 5.92 Å². The molecule has 1 aliphatic heterocycles. The maximum atomic E-state index is 13.6. The molecular formula is C25H33N3O6. The average molecular weight is 472 g/mol. The van der Waals surface area contributed by atoms with Crippen LogP contribution in [0.3, 0.4) is 0 Å². The number of hydrogen-bond donors (Lipinski definition) is 1. The van der Waals surface area contributed by atoms with Crippen molar-refractivity contribution in [3.63, 3.8) is 0 Å². The lowest BCUT2D eigenvalue weighted by atomic mass is 9.99. The summed E-state index contributed by atoms with van der Waals surface area (Å²) < 4.78 is 16.5. The van der Waals surface area contributed by atoms with Crippen LogP contribution in [0.2, 0.25) is 0 Å². The molecule has 0 radical (unpaired) electrons. The van der Waals surface area contributed by atoms with E-state index in [0.717, 1.165) is 11.1 Å². The number of fused-ring (bicyclic) bond motifs is 1. The molecule has 1 aromatic heterocycles. The van der Waals surface area contributed by atoms with E-state index in [1.807, 2.05) is 31.2 Å². The fraction of sp³-hybridized carbons (Fsp3) is 0.480. The summed E-state index contributed by atoms with van der Waals surface area (Å²) in [6.45, 7) is 4.23. The quantitative estimate of drug-likeness (QED) is 0.629. The number of aromatic nitrogens is 1. The Balaban J connectivity index is 2.01. The van der Waals surface area contributed by atoms with Crippen LogP contribution in [0.15, 0.2) is 36.5 Å². The van der Waals surface area contributed by atoms with E-state index in [1.54, 1.807) is 43.1 Å². The van der Waals surface area contributed by atoms with Crippen molar-refractivity contribution in [1.29, 1.82) is 0 Å². The Labute approximate surface area is 200 Å². The van der Waals surface area contributed by atoms with Crippen molar-refractivity contribution >= 4 is 11.8 Å². The fourth-order valence-corrected chi connectivity index (χ4v) is 3.89. The summed E-state index contributed by atoms with van der Waals surface area (Å²) in [4.78, 5) is 33.5. The Kier molecular flexibility index (Phi) is 8.46. The molecule has 9 heteroatoms. The molecule has 0 bridgehead atoms. The maximum Gasteiger partial charge on any atom is 0.259 e. The van der Waals surface area contributed by atoms with Crippen molar-refractivity contribution in [2.24, 2.45) is 5.92 Å². The third-order valence-electron chi connectivity index (χ3n) is 6.07. The molecule has 1 aliphatic rings. The average Bonchev–Trinajstić information content (AvgIpc) is 2.85. The summed E-state index contributed by atoms with van der Waals surface area (Å²) in [5.74, 6) is 0.348. The number of carbonyl (C=O) groups is 2. The molecule has 1 aromatic carbocycles. The SMILES string of the molecule is COCC(=O)N(C)C[C@@H]1Oc2ncc(-c3cccc(OC)c3)cc2C(=O)N([C@H](C)CO)C[C@@H]1C. The van der Waals surface area contributed by atoms with Gasteiger partial charge in [-0.25, -0.2) is 4.98 Å². The molecule has 2 amide bonds. The van der Waals surface area contributed by atoms with E-state index in [-0.39, 0.29) is 36.8 Å².